The summed E-state index contributed by atoms with van der Waals surface area (Å²) in [6.07, 6.45) is -1.66. The zero-order valence-corrected chi connectivity index (χ0v) is 4.59. The van der Waals surface area contributed by atoms with E-state index in [2.05, 4.69) is 0 Å². The van der Waals surface area contributed by atoms with Gasteiger partial charge < -0.3 is 10.4 Å². The van der Waals surface area contributed by atoms with Crippen molar-refractivity contribution in [1.82, 2.24) is 5.32 Å². The van der Waals surface area contributed by atoms with Gasteiger partial charge in [0.25, 0.3) is 0 Å². The lowest BCUT2D eigenvalue weighted by Gasteiger charge is -1.91. The van der Waals surface area contributed by atoms with E-state index < -0.39 is 12.1 Å². The van der Waals surface area contributed by atoms with Crippen molar-refractivity contribution >= 4 is 12.1 Å². The average Bonchev–Trinajstić information content (AvgIpc) is 1.63. The average molecular weight is 132 g/mol. The van der Waals surface area contributed by atoms with Gasteiger partial charge in [-0.05, 0) is 0 Å². The number of carbonyl (C=O) groups is 2. The van der Waals surface area contributed by atoms with Gasteiger partial charge in [-0.15, -0.1) is 0 Å². The summed E-state index contributed by atoms with van der Waals surface area (Å²) in [6.45, 7) is -0.0995. The molecule has 0 saturated heterocycles. The minimum atomic E-state index is -1.45. The van der Waals surface area contributed by atoms with Crippen LogP contribution in [0.4, 0.5) is 4.79 Å². The molecule has 0 atom stereocenters. The molecule has 0 spiro atoms. The molecule has 0 saturated carbocycles. The molecule has 2 N–H and O–H groups in total. The number of nitrogens with one attached hydrogen (secondary N) is 1. The van der Waals surface area contributed by atoms with E-state index in [1.54, 1.807) is 5.32 Å². The molecule has 5 nitrogen and oxygen atoms in total. The van der Waals surface area contributed by atoms with Crippen molar-refractivity contribution in [3.05, 3.63) is 0 Å². The van der Waals surface area contributed by atoms with E-state index in [1.165, 1.54) is 0 Å². The normalized spacial score (nSPS) is 8.44. The summed E-state index contributed by atoms with van der Waals surface area (Å²) in [5, 5.41) is 19.3. The number of carbonyl (C=O) groups excluding carboxylic acids is 1. The first-order valence-electron chi connectivity index (χ1n) is 2.29. The zero-order chi connectivity index (χ0) is 7.28. The van der Waals surface area contributed by atoms with Crippen LogP contribution < -0.4 is 5.32 Å². The van der Waals surface area contributed by atoms with E-state index in [1.807, 2.05) is 0 Å². The Hall–Kier alpha value is -1.26. The quantitative estimate of drug-likeness (QED) is 0.547. The summed E-state index contributed by atoms with van der Waals surface area (Å²) in [5.74, 6) is -1.04. The van der Waals surface area contributed by atoms with Crippen LogP contribution in [0.2, 0.25) is 0 Å². The van der Waals surface area contributed by atoms with Crippen LogP contribution in [0.15, 0.2) is 0 Å². The second kappa shape index (κ2) is 3.71. The Balaban J connectivity index is 3.10. The molecule has 0 rings (SSSR count). The molecule has 0 aromatic heterocycles. The SMILES string of the molecule is [O]C(=O)NCCC(=O)O. The topological polar surface area (TPSA) is 86.3 Å². The Bertz CT molecular complexity index is 108. The van der Waals surface area contributed by atoms with Crippen LogP contribution >= 0.6 is 0 Å². The van der Waals surface area contributed by atoms with E-state index >= 15 is 0 Å². The summed E-state index contributed by atoms with van der Waals surface area (Å²) in [6, 6.07) is 0. The maximum Gasteiger partial charge on any atom is 0.450 e. The standard InChI is InChI=1S/C4H6NO4/c6-3(7)1-2-5-4(8)9/h5H,1-2H2,(H,6,7). The fraction of sp³-hybridized carbons (Fsp3) is 0.500. The number of aliphatic carboxylic acids is 1. The van der Waals surface area contributed by atoms with Gasteiger partial charge in [-0.2, -0.15) is 0 Å². The van der Waals surface area contributed by atoms with Crippen LogP contribution in [0.5, 0.6) is 0 Å². The highest BCUT2D eigenvalue weighted by Crippen LogP contribution is 1.74. The second-order valence-electron chi connectivity index (χ2n) is 1.36. The predicted octanol–water partition coefficient (Wildman–Crippen LogP) is -0.399. The highest BCUT2D eigenvalue weighted by molar-refractivity contribution is 5.69. The molecule has 0 aromatic carbocycles. The van der Waals surface area contributed by atoms with E-state index in [4.69, 9.17) is 5.11 Å². The molecule has 0 unspecified atom stereocenters. The van der Waals surface area contributed by atoms with E-state index in [0.29, 0.717) is 0 Å². The predicted molar refractivity (Wildman–Crippen MR) is 26.3 cm³/mol. The largest absolute Gasteiger partial charge is 0.481 e. The van der Waals surface area contributed by atoms with Crippen molar-refractivity contribution in [3.63, 3.8) is 0 Å². The molecule has 0 aliphatic carbocycles. The van der Waals surface area contributed by atoms with Crippen LogP contribution in [0, 0.1) is 0 Å². The van der Waals surface area contributed by atoms with E-state index in [0.717, 1.165) is 0 Å². The third-order valence-electron chi connectivity index (χ3n) is 0.608. The van der Waals surface area contributed by atoms with Crippen LogP contribution in [-0.2, 0) is 9.90 Å². The fourth-order valence-corrected chi connectivity index (χ4v) is 0.271. The van der Waals surface area contributed by atoms with Crippen molar-refractivity contribution in [1.29, 1.82) is 0 Å². The van der Waals surface area contributed by atoms with Crippen LogP contribution in [0.1, 0.15) is 6.42 Å². The smallest absolute Gasteiger partial charge is 0.450 e. The molecule has 0 aliphatic rings. The van der Waals surface area contributed by atoms with Gasteiger partial charge in [-0.1, -0.05) is 0 Å². The highest BCUT2D eigenvalue weighted by Gasteiger charge is 1.98. The minimum absolute atomic E-state index is 0.0995. The highest BCUT2D eigenvalue weighted by atomic mass is 16.4. The van der Waals surface area contributed by atoms with Crippen molar-refractivity contribution in [2.24, 2.45) is 0 Å². The second-order valence-corrected chi connectivity index (χ2v) is 1.36. The van der Waals surface area contributed by atoms with Gasteiger partial charge in [0.05, 0.1) is 6.42 Å². The van der Waals surface area contributed by atoms with E-state index in [-0.39, 0.29) is 13.0 Å². The van der Waals surface area contributed by atoms with Gasteiger partial charge >= 0.3 is 12.1 Å². The van der Waals surface area contributed by atoms with Gasteiger partial charge in [0, 0.05) is 6.54 Å². The molecule has 1 radical (unpaired) electrons. The minimum Gasteiger partial charge on any atom is -0.481 e. The summed E-state index contributed by atoms with van der Waals surface area (Å²) < 4.78 is 0. The van der Waals surface area contributed by atoms with Crippen molar-refractivity contribution < 1.29 is 19.8 Å². The molecular weight excluding hydrogens is 126 g/mol. The maximum atomic E-state index is 9.73. The summed E-state index contributed by atoms with van der Waals surface area (Å²) >= 11 is 0. The van der Waals surface area contributed by atoms with Crippen molar-refractivity contribution in [2.75, 3.05) is 6.54 Å². The first kappa shape index (κ1) is 7.74. The Morgan fingerprint density at radius 2 is 2.00 bits per heavy atom. The van der Waals surface area contributed by atoms with Gasteiger partial charge in [-0.25, -0.2) is 9.90 Å². The lowest BCUT2D eigenvalue weighted by molar-refractivity contribution is -0.136. The third-order valence-corrected chi connectivity index (χ3v) is 0.608. The van der Waals surface area contributed by atoms with Gasteiger partial charge in [0.15, 0.2) is 0 Å². The number of rotatable bonds is 3. The summed E-state index contributed by atoms with van der Waals surface area (Å²) in [7, 11) is 0. The van der Waals surface area contributed by atoms with Crippen LogP contribution in [-0.4, -0.2) is 23.7 Å². The first-order chi connectivity index (χ1) is 4.13. The molecule has 0 aliphatic heterocycles. The lowest BCUT2D eigenvalue weighted by atomic mass is 10.4. The van der Waals surface area contributed by atoms with Crippen molar-refractivity contribution in [2.45, 2.75) is 6.42 Å². The molecule has 51 valence electrons. The fourth-order valence-electron chi connectivity index (χ4n) is 0.271. The molecule has 0 heterocycles. The zero-order valence-electron chi connectivity index (χ0n) is 4.59. The molecule has 1 amide bonds. The van der Waals surface area contributed by atoms with Crippen molar-refractivity contribution in [3.8, 4) is 0 Å². The van der Waals surface area contributed by atoms with Gasteiger partial charge in [-0.3, -0.25) is 4.79 Å². The molecule has 9 heavy (non-hydrogen) atoms. The first-order valence-corrected chi connectivity index (χ1v) is 2.29. The van der Waals surface area contributed by atoms with Gasteiger partial charge in [0.2, 0.25) is 0 Å². The van der Waals surface area contributed by atoms with Crippen LogP contribution in [0.25, 0.3) is 0 Å². The third kappa shape index (κ3) is 6.74. The molecule has 0 fully saturated rings. The number of hydrogen-bond donors (Lipinski definition) is 2. The molecule has 0 aromatic rings. The Labute approximate surface area is 51.3 Å². The van der Waals surface area contributed by atoms with E-state index in [9.17, 15) is 14.7 Å². The molecular formula is C4H6NO4. The summed E-state index contributed by atoms with van der Waals surface area (Å²) in [5.41, 5.74) is 0. The van der Waals surface area contributed by atoms with Crippen LogP contribution in [0.3, 0.4) is 0 Å². The lowest BCUT2D eigenvalue weighted by Crippen LogP contribution is -2.22. The maximum absolute atomic E-state index is 9.73. The molecule has 5 heteroatoms. The monoisotopic (exact) mass is 132 g/mol. The number of amides is 1. The van der Waals surface area contributed by atoms with Gasteiger partial charge in [0.1, 0.15) is 0 Å². The Kier molecular flexibility index (Phi) is 3.19. The number of carboxylic acid groups (broad SMARTS) is 1. The molecule has 0 bridgehead atoms. The summed E-state index contributed by atoms with van der Waals surface area (Å²) in [4.78, 5) is 19.3. The Morgan fingerprint density at radius 1 is 1.44 bits per heavy atom. The number of carboxylic acids is 1. The number of hydrogen-bond acceptors (Lipinski definition) is 2. The Morgan fingerprint density at radius 3 is 2.33 bits per heavy atom.